The molecule has 0 saturated carbocycles. The summed E-state index contributed by atoms with van der Waals surface area (Å²) in [4.78, 5) is 26.5. The summed E-state index contributed by atoms with van der Waals surface area (Å²) in [5.74, 6) is 0.157. The Hall–Kier alpha value is -2.28. The summed E-state index contributed by atoms with van der Waals surface area (Å²) in [6, 6.07) is 6.47. The van der Waals surface area contributed by atoms with Crippen LogP contribution in [0.1, 0.15) is 33.6 Å². The standard InChI is InChI=1S/C20H31N3O4/c1-20(2,3)17(19(25)23-10-6-9-16(23)18(21)24)22-14-7-5-8-15(13-14)27-12-11-26-4/h5,7-8,13,16-17,22H,6,9-12H2,1-4H3,(H2,21,24)/t16-,17+/m0/s1. The fourth-order valence-corrected chi connectivity index (χ4v) is 3.23. The first-order chi connectivity index (χ1) is 12.7. The number of likely N-dealkylation sites (tertiary alicyclic amines) is 1. The number of anilines is 1. The number of ether oxygens (including phenoxy) is 2. The largest absolute Gasteiger partial charge is 0.491 e. The third-order valence-corrected chi connectivity index (χ3v) is 4.68. The van der Waals surface area contributed by atoms with E-state index in [4.69, 9.17) is 15.2 Å². The van der Waals surface area contributed by atoms with Crippen LogP contribution < -0.4 is 15.8 Å². The molecule has 2 rings (SSSR count). The van der Waals surface area contributed by atoms with Gasteiger partial charge in [0.1, 0.15) is 24.4 Å². The first kappa shape index (κ1) is 21.0. The van der Waals surface area contributed by atoms with Crippen molar-refractivity contribution in [1.82, 2.24) is 4.90 Å². The second-order valence-corrected chi connectivity index (χ2v) is 7.90. The Kier molecular flexibility index (Phi) is 7.07. The van der Waals surface area contributed by atoms with Crippen LogP contribution in [0.2, 0.25) is 0 Å². The number of nitrogens with zero attached hydrogens (tertiary/aromatic N) is 1. The van der Waals surface area contributed by atoms with Crippen molar-refractivity contribution in [3.63, 3.8) is 0 Å². The molecule has 2 atom stereocenters. The number of nitrogens with two attached hydrogens (primary N) is 1. The molecular formula is C20H31N3O4. The number of nitrogens with one attached hydrogen (secondary N) is 1. The highest BCUT2D eigenvalue weighted by atomic mass is 16.5. The third-order valence-electron chi connectivity index (χ3n) is 4.68. The summed E-state index contributed by atoms with van der Waals surface area (Å²) >= 11 is 0. The van der Waals surface area contributed by atoms with Crippen LogP contribution in [0.3, 0.4) is 0 Å². The number of benzene rings is 1. The van der Waals surface area contributed by atoms with Gasteiger partial charge in [-0.15, -0.1) is 0 Å². The van der Waals surface area contributed by atoms with Gasteiger partial charge in [-0.25, -0.2) is 0 Å². The molecule has 0 aliphatic carbocycles. The van der Waals surface area contributed by atoms with E-state index in [1.54, 1.807) is 12.0 Å². The molecule has 1 aromatic rings. The van der Waals surface area contributed by atoms with E-state index in [-0.39, 0.29) is 11.3 Å². The van der Waals surface area contributed by atoms with Gasteiger partial charge in [0, 0.05) is 25.4 Å². The molecule has 1 aromatic carbocycles. The van der Waals surface area contributed by atoms with Crippen LogP contribution in [0.4, 0.5) is 5.69 Å². The predicted octanol–water partition coefficient (Wildman–Crippen LogP) is 2.01. The van der Waals surface area contributed by atoms with Crippen molar-refractivity contribution in [2.24, 2.45) is 11.1 Å². The summed E-state index contributed by atoms with van der Waals surface area (Å²) in [5.41, 5.74) is 5.92. The SMILES string of the molecule is COCCOc1cccc(N[C@H](C(=O)N2CCC[C@H]2C(N)=O)C(C)(C)C)c1. The molecule has 0 radical (unpaired) electrons. The van der Waals surface area contributed by atoms with E-state index in [1.165, 1.54) is 0 Å². The molecule has 1 heterocycles. The molecule has 0 aromatic heterocycles. The van der Waals surface area contributed by atoms with Crippen LogP contribution in [0.15, 0.2) is 24.3 Å². The molecule has 27 heavy (non-hydrogen) atoms. The van der Waals surface area contributed by atoms with Crippen molar-refractivity contribution in [3.8, 4) is 5.75 Å². The number of carbonyl (C=O) groups is 2. The predicted molar refractivity (Wildman–Crippen MR) is 105 cm³/mol. The van der Waals surface area contributed by atoms with Gasteiger partial charge >= 0.3 is 0 Å². The molecule has 1 fully saturated rings. The Labute approximate surface area is 161 Å². The van der Waals surface area contributed by atoms with Crippen molar-refractivity contribution in [2.75, 3.05) is 32.2 Å². The van der Waals surface area contributed by atoms with Crippen LogP contribution in [0, 0.1) is 5.41 Å². The van der Waals surface area contributed by atoms with Crippen LogP contribution in [0.25, 0.3) is 0 Å². The zero-order chi connectivity index (χ0) is 20.0. The topological polar surface area (TPSA) is 93.9 Å². The van der Waals surface area contributed by atoms with Crippen LogP contribution in [0.5, 0.6) is 5.75 Å². The van der Waals surface area contributed by atoms with Gasteiger partial charge in [0.05, 0.1) is 6.61 Å². The highest BCUT2D eigenvalue weighted by Gasteiger charge is 2.40. The Morgan fingerprint density at radius 3 is 2.70 bits per heavy atom. The molecule has 7 nitrogen and oxygen atoms in total. The normalized spacial score (nSPS) is 18.2. The van der Waals surface area contributed by atoms with E-state index in [0.717, 1.165) is 12.1 Å². The summed E-state index contributed by atoms with van der Waals surface area (Å²) in [7, 11) is 1.62. The summed E-state index contributed by atoms with van der Waals surface area (Å²) in [6.07, 6.45) is 1.42. The highest BCUT2D eigenvalue weighted by molar-refractivity contribution is 5.91. The minimum absolute atomic E-state index is 0.102. The molecule has 7 heteroatoms. The molecule has 0 spiro atoms. The van der Waals surface area contributed by atoms with Crippen LogP contribution >= 0.6 is 0 Å². The highest BCUT2D eigenvalue weighted by Crippen LogP contribution is 2.29. The number of amides is 2. The molecule has 3 N–H and O–H groups in total. The smallest absolute Gasteiger partial charge is 0.246 e. The minimum atomic E-state index is -0.520. The van der Waals surface area contributed by atoms with Gasteiger partial charge in [-0.1, -0.05) is 26.8 Å². The zero-order valence-corrected chi connectivity index (χ0v) is 16.7. The lowest BCUT2D eigenvalue weighted by molar-refractivity contribution is -0.139. The average molecular weight is 377 g/mol. The van der Waals surface area contributed by atoms with Crippen molar-refractivity contribution >= 4 is 17.5 Å². The summed E-state index contributed by atoms with van der Waals surface area (Å²) in [6.45, 7) is 7.51. The second kappa shape index (κ2) is 9.08. The van der Waals surface area contributed by atoms with Crippen molar-refractivity contribution in [1.29, 1.82) is 0 Å². The molecule has 1 saturated heterocycles. The first-order valence-electron chi connectivity index (χ1n) is 9.32. The van der Waals surface area contributed by atoms with Crippen LogP contribution in [-0.4, -0.2) is 55.7 Å². The summed E-state index contributed by atoms with van der Waals surface area (Å²) < 4.78 is 10.6. The summed E-state index contributed by atoms with van der Waals surface area (Å²) in [5, 5.41) is 3.33. The number of primary amides is 1. The average Bonchev–Trinajstić information content (AvgIpc) is 3.09. The third kappa shape index (κ3) is 5.60. The van der Waals surface area contributed by atoms with Crippen molar-refractivity contribution in [2.45, 2.75) is 45.7 Å². The van der Waals surface area contributed by atoms with E-state index in [9.17, 15) is 9.59 Å². The lowest BCUT2D eigenvalue weighted by Gasteiger charge is -2.35. The number of methoxy groups -OCH3 is 1. The Balaban J connectivity index is 2.17. The van der Waals surface area contributed by atoms with Gasteiger partial charge < -0.3 is 25.4 Å². The molecule has 1 aliphatic heterocycles. The first-order valence-corrected chi connectivity index (χ1v) is 9.32. The molecule has 1 aliphatic rings. The molecule has 150 valence electrons. The van der Waals surface area contributed by atoms with Gasteiger partial charge in [0.2, 0.25) is 11.8 Å². The lowest BCUT2D eigenvalue weighted by Crippen LogP contribution is -2.53. The molecule has 2 amide bonds. The molecular weight excluding hydrogens is 346 g/mol. The maximum absolute atomic E-state index is 13.2. The van der Waals surface area contributed by atoms with Gasteiger partial charge in [-0.05, 0) is 30.4 Å². The lowest BCUT2D eigenvalue weighted by atomic mass is 9.85. The van der Waals surface area contributed by atoms with E-state index >= 15 is 0 Å². The molecule has 0 bridgehead atoms. The van der Waals surface area contributed by atoms with Gasteiger partial charge in [0.15, 0.2) is 0 Å². The van der Waals surface area contributed by atoms with Gasteiger partial charge in [0.25, 0.3) is 0 Å². The maximum atomic E-state index is 13.2. The van der Waals surface area contributed by atoms with Gasteiger partial charge in [-0.2, -0.15) is 0 Å². The van der Waals surface area contributed by atoms with E-state index in [2.05, 4.69) is 5.32 Å². The Morgan fingerprint density at radius 2 is 2.07 bits per heavy atom. The quantitative estimate of drug-likeness (QED) is 0.676. The van der Waals surface area contributed by atoms with Gasteiger partial charge in [-0.3, -0.25) is 9.59 Å². The fourth-order valence-electron chi connectivity index (χ4n) is 3.23. The van der Waals surface area contributed by atoms with Crippen molar-refractivity contribution < 1.29 is 19.1 Å². The number of carbonyl (C=O) groups excluding carboxylic acids is 2. The zero-order valence-electron chi connectivity index (χ0n) is 16.7. The van der Waals surface area contributed by atoms with E-state index in [1.807, 2.05) is 45.0 Å². The number of hydrogen-bond acceptors (Lipinski definition) is 5. The van der Waals surface area contributed by atoms with E-state index in [0.29, 0.717) is 31.9 Å². The second-order valence-electron chi connectivity index (χ2n) is 7.90. The Morgan fingerprint density at radius 1 is 1.33 bits per heavy atom. The Bertz CT molecular complexity index is 657. The maximum Gasteiger partial charge on any atom is 0.246 e. The molecule has 0 unspecified atom stereocenters. The fraction of sp³-hybridized carbons (Fsp3) is 0.600. The number of rotatable bonds is 8. The van der Waals surface area contributed by atoms with E-state index < -0.39 is 18.0 Å². The van der Waals surface area contributed by atoms with Crippen molar-refractivity contribution in [3.05, 3.63) is 24.3 Å². The number of hydrogen-bond donors (Lipinski definition) is 2. The monoisotopic (exact) mass is 377 g/mol. The minimum Gasteiger partial charge on any atom is -0.491 e. The van der Waals surface area contributed by atoms with Crippen LogP contribution in [-0.2, 0) is 14.3 Å².